The molecule has 0 aliphatic heterocycles. The SMILES string of the molecule is O=C(C[C@H]1C[C@@H]2CC[C@@H]1C2)Nc1ccccc1. The van der Waals surface area contributed by atoms with Gasteiger partial charge < -0.3 is 5.32 Å². The number of carbonyl (C=O) groups is 1. The minimum atomic E-state index is 0.189. The molecule has 0 spiro atoms. The summed E-state index contributed by atoms with van der Waals surface area (Å²) in [7, 11) is 0. The van der Waals surface area contributed by atoms with E-state index in [-0.39, 0.29) is 5.91 Å². The molecular weight excluding hydrogens is 210 g/mol. The number of fused-ring (bicyclic) bond motifs is 2. The summed E-state index contributed by atoms with van der Waals surface area (Å²) in [6.45, 7) is 0. The van der Waals surface area contributed by atoms with Crippen molar-refractivity contribution in [3.63, 3.8) is 0 Å². The third-order valence-corrected chi connectivity index (χ3v) is 4.39. The van der Waals surface area contributed by atoms with E-state index < -0.39 is 0 Å². The van der Waals surface area contributed by atoms with Gasteiger partial charge in [0, 0.05) is 12.1 Å². The van der Waals surface area contributed by atoms with E-state index >= 15 is 0 Å². The third-order valence-electron chi connectivity index (χ3n) is 4.39. The fraction of sp³-hybridized carbons (Fsp3) is 0.533. The van der Waals surface area contributed by atoms with Crippen molar-refractivity contribution in [2.24, 2.45) is 17.8 Å². The van der Waals surface area contributed by atoms with Crippen LogP contribution in [0.5, 0.6) is 0 Å². The molecule has 2 nitrogen and oxygen atoms in total. The van der Waals surface area contributed by atoms with Crippen LogP contribution in [0, 0.1) is 17.8 Å². The molecule has 1 aromatic rings. The molecule has 2 bridgehead atoms. The maximum atomic E-state index is 11.9. The van der Waals surface area contributed by atoms with Crippen molar-refractivity contribution < 1.29 is 4.79 Å². The highest BCUT2D eigenvalue weighted by molar-refractivity contribution is 5.90. The van der Waals surface area contributed by atoms with E-state index in [1.807, 2.05) is 30.3 Å². The molecule has 0 saturated heterocycles. The molecule has 2 aliphatic carbocycles. The Morgan fingerprint density at radius 1 is 1.18 bits per heavy atom. The topological polar surface area (TPSA) is 29.1 Å². The molecule has 0 aromatic heterocycles. The zero-order chi connectivity index (χ0) is 11.7. The van der Waals surface area contributed by atoms with Crippen LogP contribution in [0.1, 0.15) is 32.1 Å². The van der Waals surface area contributed by atoms with Crippen molar-refractivity contribution in [1.29, 1.82) is 0 Å². The van der Waals surface area contributed by atoms with E-state index in [0.29, 0.717) is 5.92 Å². The van der Waals surface area contributed by atoms with Gasteiger partial charge in [-0.2, -0.15) is 0 Å². The second kappa shape index (κ2) is 4.52. The molecule has 90 valence electrons. The van der Waals surface area contributed by atoms with Gasteiger partial charge in [0.1, 0.15) is 0 Å². The van der Waals surface area contributed by atoms with E-state index in [2.05, 4.69) is 5.32 Å². The number of para-hydroxylation sites is 1. The maximum absolute atomic E-state index is 11.9. The van der Waals surface area contributed by atoms with Gasteiger partial charge in [0.2, 0.25) is 5.91 Å². The lowest BCUT2D eigenvalue weighted by atomic mass is 9.86. The number of hydrogen-bond acceptors (Lipinski definition) is 1. The van der Waals surface area contributed by atoms with Crippen LogP contribution in [0.4, 0.5) is 5.69 Å². The van der Waals surface area contributed by atoms with E-state index in [1.165, 1.54) is 25.7 Å². The molecule has 0 heterocycles. The summed E-state index contributed by atoms with van der Waals surface area (Å²) in [4.78, 5) is 11.9. The molecule has 3 atom stereocenters. The Morgan fingerprint density at radius 3 is 2.65 bits per heavy atom. The molecular formula is C15H19NO. The van der Waals surface area contributed by atoms with Gasteiger partial charge in [-0.3, -0.25) is 4.79 Å². The van der Waals surface area contributed by atoms with Crippen LogP contribution in [-0.4, -0.2) is 5.91 Å². The van der Waals surface area contributed by atoms with Crippen LogP contribution in [0.25, 0.3) is 0 Å². The van der Waals surface area contributed by atoms with Crippen molar-refractivity contribution in [3.05, 3.63) is 30.3 Å². The van der Waals surface area contributed by atoms with Crippen LogP contribution in [0.2, 0.25) is 0 Å². The molecule has 0 unspecified atom stereocenters. The summed E-state index contributed by atoms with van der Waals surface area (Å²) in [5.41, 5.74) is 0.917. The quantitative estimate of drug-likeness (QED) is 0.845. The summed E-state index contributed by atoms with van der Waals surface area (Å²) in [6.07, 6.45) is 6.14. The predicted molar refractivity (Wildman–Crippen MR) is 68.6 cm³/mol. The van der Waals surface area contributed by atoms with E-state index in [9.17, 15) is 4.79 Å². The molecule has 1 aromatic carbocycles. The molecule has 1 amide bonds. The second-order valence-electron chi connectivity index (χ2n) is 5.55. The lowest BCUT2D eigenvalue weighted by Gasteiger charge is -2.20. The van der Waals surface area contributed by atoms with Crippen molar-refractivity contribution in [3.8, 4) is 0 Å². The third kappa shape index (κ3) is 2.36. The van der Waals surface area contributed by atoms with Gasteiger partial charge in [0.15, 0.2) is 0 Å². The number of nitrogens with one attached hydrogen (secondary N) is 1. The van der Waals surface area contributed by atoms with Gasteiger partial charge in [-0.25, -0.2) is 0 Å². The van der Waals surface area contributed by atoms with Crippen molar-refractivity contribution in [2.45, 2.75) is 32.1 Å². The normalized spacial score (nSPS) is 30.5. The summed E-state index contributed by atoms with van der Waals surface area (Å²) in [5.74, 6) is 2.60. The molecule has 3 rings (SSSR count). The first-order valence-corrected chi connectivity index (χ1v) is 6.66. The highest BCUT2D eigenvalue weighted by Crippen LogP contribution is 2.49. The Balaban J connectivity index is 1.54. The first-order chi connectivity index (χ1) is 8.31. The second-order valence-corrected chi connectivity index (χ2v) is 5.55. The number of rotatable bonds is 3. The van der Waals surface area contributed by atoms with E-state index in [0.717, 1.165) is 23.9 Å². The van der Waals surface area contributed by atoms with Gasteiger partial charge >= 0.3 is 0 Å². The minimum absolute atomic E-state index is 0.189. The Labute approximate surface area is 102 Å². The number of benzene rings is 1. The molecule has 1 N–H and O–H groups in total. The molecule has 2 heteroatoms. The van der Waals surface area contributed by atoms with Crippen molar-refractivity contribution >= 4 is 11.6 Å². The summed E-state index contributed by atoms with van der Waals surface area (Å²) in [5, 5.41) is 2.99. The van der Waals surface area contributed by atoms with Gasteiger partial charge in [-0.05, 0) is 49.1 Å². The average Bonchev–Trinajstić information content (AvgIpc) is 2.92. The first-order valence-electron chi connectivity index (χ1n) is 6.66. The lowest BCUT2D eigenvalue weighted by Crippen LogP contribution is -2.20. The number of hydrogen-bond donors (Lipinski definition) is 1. The van der Waals surface area contributed by atoms with Crippen LogP contribution >= 0.6 is 0 Å². The standard InChI is InChI=1S/C15H19NO/c17-15(16-14-4-2-1-3-5-14)10-13-9-11-6-7-12(13)8-11/h1-5,11-13H,6-10H2,(H,16,17)/t11-,12-,13-/m1/s1. The average molecular weight is 229 g/mol. The van der Waals surface area contributed by atoms with Gasteiger partial charge in [-0.1, -0.05) is 24.6 Å². The Kier molecular flexibility index (Phi) is 2.87. The van der Waals surface area contributed by atoms with Crippen LogP contribution in [0.3, 0.4) is 0 Å². The smallest absolute Gasteiger partial charge is 0.224 e. The number of carbonyl (C=O) groups excluding carboxylic acids is 1. The largest absolute Gasteiger partial charge is 0.326 e. The Morgan fingerprint density at radius 2 is 2.00 bits per heavy atom. The summed E-state index contributed by atoms with van der Waals surface area (Å²) < 4.78 is 0. The zero-order valence-corrected chi connectivity index (χ0v) is 10.1. The predicted octanol–water partition coefficient (Wildman–Crippen LogP) is 3.45. The van der Waals surface area contributed by atoms with Crippen molar-refractivity contribution in [2.75, 3.05) is 5.32 Å². The van der Waals surface area contributed by atoms with Crippen LogP contribution in [-0.2, 0) is 4.79 Å². The monoisotopic (exact) mass is 229 g/mol. The molecule has 0 radical (unpaired) electrons. The van der Waals surface area contributed by atoms with Crippen molar-refractivity contribution in [1.82, 2.24) is 0 Å². The number of anilines is 1. The fourth-order valence-electron chi connectivity index (χ4n) is 3.60. The maximum Gasteiger partial charge on any atom is 0.224 e. The van der Waals surface area contributed by atoms with Gasteiger partial charge in [0.05, 0.1) is 0 Å². The lowest BCUT2D eigenvalue weighted by molar-refractivity contribution is -0.117. The minimum Gasteiger partial charge on any atom is -0.326 e. The molecule has 2 saturated carbocycles. The Bertz CT molecular complexity index is 401. The first kappa shape index (κ1) is 10.8. The summed E-state index contributed by atoms with van der Waals surface area (Å²) >= 11 is 0. The van der Waals surface area contributed by atoms with Crippen LogP contribution in [0.15, 0.2) is 30.3 Å². The molecule has 2 aliphatic rings. The highest BCUT2D eigenvalue weighted by atomic mass is 16.1. The van der Waals surface area contributed by atoms with E-state index in [1.54, 1.807) is 0 Å². The zero-order valence-electron chi connectivity index (χ0n) is 10.1. The fourth-order valence-corrected chi connectivity index (χ4v) is 3.60. The molecule has 2 fully saturated rings. The summed E-state index contributed by atoms with van der Waals surface area (Å²) in [6, 6.07) is 9.75. The highest BCUT2D eigenvalue weighted by Gasteiger charge is 2.39. The number of amides is 1. The van der Waals surface area contributed by atoms with Gasteiger partial charge in [-0.15, -0.1) is 0 Å². The molecule has 17 heavy (non-hydrogen) atoms. The van der Waals surface area contributed by atoms with E-state index in [4.69, 9.17) is 0 Å². The Hall–Kier alpha value is -1.31. The van der Waals surface area contributed by atoms with Gasteiger partial charge in [0.25, 0.3) is 0 Å². The van der Waals surface area contributed by atoms with Crippen LogP contribution < -0.4 is 5.32 Å².